The maximum absolute atomic E-state index is 13.7. The Balaban J connectivity index is 1.82. The van der Waals surface area contributed by atoms with Gasteiger partial charge in [0.05, 0.1) is 16.8 Å². The Labute approximate surface area is 217 Å². The van der Waals surface area contributed by atoms with Gasteiger partial charge in [0.25, 0.3) is 0 Å². The van der Waals surface area contributed by atoms with Crippen molar-refractivity contribution < 1.29 is 39.4 Å². The minimum Gasteiger partial charge on any atom is -0.399 e. The van der Waals surface area contributed by atoms with Crippen molar-refractivity contribution in [1.29, 1.82) is 0 Å². The third-order valence-electron chi connectivity index (χ3n) is 6.11. The number of ketones is 1. The average molecular weight is 568 g/mol. The fourth-order valence-corrected chi connectivity index (χ4v) is 7.39. The number of aromatic nitrogens is 2. The Hall–Kier alpha value is -3.65. The molecule has 1 aliphatic heterocycles. The number of hydrogen-bond donors (Lipinski definition) is 0. The number of aryl methyl sites for hydroxylation is 3. The van der Waals surface area contributed by atoms with Crippen LogP contribution in [0.4, 0.5) is 8.78 Å². The third-order valence-corrected chi connectivity index (χ3v) is 9.54. The molecule has 0 radical (unpaired) electrons. The van der Waals surface area contributed by atoms with E-state index in [2.05, 4.69) is 10.3 Å². The summed E-state index contributed by atoms with van der Waals surface area (Å²) in [6.07, 6.45) is 0.655. The van der Waals surface area contributed by atoms with Crippen LogP contribution in [-0.4, -0.2) is 50.5 Å². The summed E-state index contributed by atoms with van der Waals surface area (Å²) in [6, 6.07) is 5.18. The van der Waals surface area contributed by atoms with E-state index in [0.29, 0.717) is 28.8 Å². The summed E-state index contributed by atoms with van der Waals surface area (Å²) in [5.74, 6) is -4.22. The molecule has 0 saturated heterocycles. The molecule has 10 nitrogen and oxygen atoms in total. The average Bonchev–Trinajstić information content (AvgIpc) is 3.25. The van der Waals surface area contributed by atoms with Crippen LogP contribution >= 0.6 is 0 Å². The SMILES string of the molecule is CCn1ncc(C(=O)C2CC(=NOC)c3c(C)ccc(C)c3S2(=O)=O)c1OS(=O)(=O)c1ccc(F)c(F)c1. The zero-order chi connectivity index (χ0) is 28.0. The summed E-state index contributed by atoms with van der Waals surface area (Å²) in [6.45, 7) is 4.93. The molecular weight excluding hydrogens is 544 g/mol. The second-order valence-corrected chi connectivity index (χ2v) is 12.1. The Morgan fingerprint density at radius 2 is 1.84 bits per heavy atom. The first-order valence-corrected chi connectivity index (χ1v) is 14.2. The van der Waals surface area contributed by atoms with Gasteiger partial charge in [0.15, 0.2) is 27.3 Å². The molecule has 1 atom stereocenters. The summed E-state index contributed by atoms with van der Waals surface area (Å²) in [5, 5.41) is 6.24. The highest BCUT2D eigenvalue weighted by molar-refractivity contribution is 7.93. The van der Waals surface area contributed by atoms with E-state index in [1.54, 1.807) is 32.9 Å². The molecule has 0 N–H and O–H groups in total. The highest BCUT2D eigenvalue weighted by atomic mass is 32.2. The maximum Gasteiger partial charge on any atom is 0.340 e. The number of carbonyl (C=O) groups is 1. The Morgan fingerprint density at radius 1 is 1.16 bits per heavy atom. The number of halogens is 2. The topological polar surface area (TPSA) is 134 Å². The van der Waals surface area contributed by atoms with Gasteiger partial charge in [-0.25, -0.2) is 21.9 Å². The monoisotopic (exact) mass is 567 g/mol. The lowest BCUT2D eigenvalue weighted by atomic mass is 9.95. The molecule has 2 heterocycles. The molecule has 1 aromatic heterocycles. The van der Waals surface area contributed by atoms with Gasteiger partial charge in [-0.2, -0.15) is 13.5 Å². The highest BCUT2D eigenvalue weighted by Gasteiger charge is 2.45. The molecule has 38 heavy (non-hydrogen) atoms. The predicted octanol–water partition coefficient (Wildman–Crippen LogP) is 3.35. The van der Waals surface area contributed by atoms with Gasteiger partial charge in [-0.3, -0.25) is 4.79 Å². The van der Waals surface area contributed by atoms with E-state index in [1.165, 1.54) is 7.11 Å². The van der Waals surface area contributed by atoms with Crippen molar-refractivity contribution in [2.75, 3.05) is 7.11 Å². The van der Waals surface area contributed by atoms with E-state index < -0.39 is 59.0 Å². The smallest absolute Gasteiger partial charge is 0.340 e. The highest BCUT2D eigenvalue weighted by Crippen LogP contribution is 2.37. The maximum atomic E-state index is 13.7. The minimum atomic E-state index is -4.76. The van der Waals surface area contributed by atoms with Crippen LogP contribution in [0.1, 0.15) is 40.4 Å². The molecule has 3 aromatic rings. The standard InChI is InChI=1S/C24H23F2N3O7S2/c1-5-29-24(36-38(33,34)15-8-9-17(25)18(26)10-15)16(12-27-29)22(30)20-11-19(28-35-4)21-13(2)6-7-14(3)23(21)37(20,31)32/h6-10,12,20H,5,11H2,1-4H3. The fourth-order valence-electron chi connectivity index (χ4n) is 4.28. The lowest BCUT2D eigenvalue weighted by Gasteiger charge is -2.27. The summed E-state index contributed by atoms with van der Waals surface area (Å²) >= 11 is 0. The van der Waals surface area contributed by atoms with Crippen molar-refractivity contribution in [3.63, 3.8) is 0 Å². The van der Waals surface area contributed by atoms with E-state index in [-0.39, 0.29) is 23.6 Å². The summed E-state index contributed by atoms with van der Waals surface area (Å²) in [4.78, 5) is 17.9. The van der Waals surface area contributed by atoms with Gasteiger partial charge in [-0.05, 0) is 50.1 Å². The van der Waals surface area contributed by atoms with E-state index in [4.69, 9.17) is 9.02 Å². The van der Waals surface area contributed by atoms with Crippen molar-refractivity contribution >= 4 is 31.5 Å². The third kappa shape index (κ3) is 4.58. The number of carbonyl (C=O) groups excluding carboxylic acids is 1. The first kappa shape index (κ1) is 27.4. The second-order valence-electron chi connectivity index (χ2n) is 8.52. The molecule has 2 aromatic carbocycles. The van der Waals surface area contributed by atoms with Gasteiger partial charge in [0.2, 0.25) is 5.88 Å². The second kappa shape index (κ2) is 9.91. The van der Waals surface area contributed by atoms with Crippen molar-refractivity contribution in [2.45, 2.75) is 48.8 Å². The molecule has 202 valence electrons. The van der Waals surface area contributed by atoms with Crippen molar-refractivity contribution in [3.8, 4) is 5.88 Å². The molecule has 1 unspecified atom stereocenters. The molecular formula is C24H23F2N3O7S2. The van der Waals surface area contributed by atoms with E-state index >= 15 is 0 Å². The van der Waals surface area contributed by atoms with E-state index in [9.17, 15) is 30.4 Å². The lowest BCUT2D eigenvalue weighted by molar-refractivity contribution is 0.0985. The van der Waals surface area contributed by atoms with Crippen LogP contribution in [0.3, 0.4) is 0 Å². The van der Waals surface area contributed by atoms with Crippen LogP contribution in [-0.2, 0) is 31.3 Å². The minimum absolute atomic E-state index is 0.0465. The van der Waals surface area contributed by atoms with Crippen LogP contribution < -0.4 is 4.18 Å². The molecule has 0 saturated carbocycles. The van der Waals surface area contributed by atoms with Gasteiger partial charge in [-0.1, -0.05) is 17.3 Å². The molecule has 1 aliphatic rings. The molecule has 0 fully saturated rings. The molecule has 0 aliphatic carbocycles. The number of rotatable bonds is 7. The van der Waals surface area contributed by atoms with Crippen molar-refractivity contribution in [1.82, 2.24) is 9.78 Å². The zero-order valence-corrected chi connectivity index (χ0v) is 22.4. The first-order chi connectivity index (χ1) is 17.8. The van der Waals surface area contributed by atoms with Crippen LogP contribution in [0.2, 0.25) is 0 Å². The number of benzene rings is 2. The quantitative estimate of drug-likeness (QED) is 0.241. The van der Waals surface area contributed by atoms with Gasteiger partial charge >= 0.3 is 10.1 Å². The lowest BCUT2D eigenvalue weighted by Crippen LogP contribution is -2.39. The molecule has 14 heteroatoms. The fraction of sp³-hybridized carbons (Fsp3) is 0.292. The first-order valence-electron chi connectivity index (χ1n) is 11.3. The van der Waals surface area contributed by atoms with Gasteiger partial charge < -0.3 is 9.02 Å². The number of Topliss-reactive ketones (excluding diaryl/α,β-unsaturated/α-hetero) is 1. The Bertz CT molecular complexity index is 1700. The molecule has 0 bridgehead atoms. The van der Waals surface area contributed by atoms with Gasteiger partial charge in [-0.15, -0.1) is 0 Å². The molecule has 0 spiro atoms. The van der Waals surface area contributed by atoms with E-state index in [0.717, 1.165) is 16.9 Å². The number of sulfone groups is 1. The largest absolute Gasteiger partial charge is 0.399 e. The zero-order valence-electron chi connectivity index (χ0n) is 20.7. The normalized spacial score (nSPS) is 17.7. The molecule has 0 amide bonds. The van der Waals surface area contributed by atoms with Crippen LogP contribution in [0.25, 0.3) is 0 Å². The Kier molecular flexibility index (Phi) is 7.14. The number of hydrogen-bond acceptors (Lipinski definition) is 9. The van der Waals surface area contributed by atoms with Crippen molar-refractivity contribution in [2.24, 2.45) is 5.16 Å². The predicted molar refractivity (Wildman–Crippen MR) is 131 cm³/mol. The summed E-state index contributed by atoms with van der Waals surface area (Å²) in [7, 11) is -7.75. The summed E-state index contributed by atoms with van der Waals surface area (Å²) < 4.78 is 86.4. The summed E-state index contributed by atoms with van der Waals surface area (Å²) in [5.41, 5.74) is 1.18. The Morgan fingerprint density at radius 3 is 2.47 bits per heavy atom. The van der Waals surface area contributed by atoms with Crippen LogP contribution in [0.5, 0.6) is 5.88 Å². The van der Waals surface area contributed by atoms with Crippen LogP contribution in [0.15, 0.2) is 51.5 Å². The van der Waals surface area contributed by atoms with Gasteiger partial charge in [0.1, 0.15) is 22.8 Å². The van der Waals surface area contributed by atoms with Crippen LogP contribution in [0, 0.1) is 25.5 Å². The van der Waals surface area contributed by atoms with Crippen molar-refractivity contribution in [3.05, 3.63) is 70.4 Å². The number of nitrogens with zero attached hydrogens (tertiary/aromatic N) is 3. The van der Waals surface area contributed by atoms with Gasteiger partial charge in [0, 0.05) is 18.5 Å². The van der Waals surface area contributed by atoms with E-state index in [1.807, 2.05) is 0 Å². The number of oxime groups is 1. The number of fused-ring (bicyclic) bond motifs is 1. The molecule has 4 rings (SSSR count).